The van der Waals surface area contributed by atoms with Crippen LogP contribution in [0.1, 0.15) is 24.8 Å². The Labute approximate surface area is 138 Å². The summed E-state index contributed by atoms with van der Waals surface area (Å²) in [4.78, 5) is 18.1. The Morgan fingerprint density at radius 3 is 2.46 bits per heavy atom. The third kappa shape index (κ3) is 4.24. The van der Waals surface area contributed by atoms with Gasteiger partial charge in [-0.25, -0.2) is 4.57 Å². The van der Waals surface area contributed by atoms with E-state index in [9.17, 15) is 25.0 Å². The molecule has 8 nitrogen and oxygen atoms in total. The molecule has 0 bridgehead atoms. The fourth-order valence-electron chi connectivity index (χ4n) is 2.51. The second-order valence-electron chi connectivity index (χ2n) is 5.50. The third-order valence-electron chi connectivity index (χ3n) is 3.66. The van der Waals surface area contributed by atoms with Crippen molar-refractivity contribution in [2.24, 2.45) is 4.76 Å². The van der Waals surface area contributed by atoms with Gasteiger partial charge in [0.25, 0.3) is 0 Å². The van der Waals surface area contributed by atoms with Gasteiger partial charge in [-0.2, -0.15) is 4.76 Å². The summed E-state index contributed by atoms with van der Waals surface area (Å²) in [5.41, 5.74) is 0.0874. The van der Waals surface area contributed by atoms with Crippen LogP contribution < -0.4 is 0 Å². The number of phenols is 1. The van der Waals surface area contributed by atoms with Gasteiger partial charge in [0.2, 0.25) is 0 Å². The molecular formula is C15H18NO7P. The van der Waals surface area contributed by atoms with E-state index in [4.69, 9.17) is 9.79 Å². The maximum absolute atomic E-state index is 11.2. The highest BCUT2D eigenvalue weighted by Crippen LogP contribution is 2.40. The monoisotopic (exact) mass is 355 g/mol. The predicted molar refractivity (Wildman–Crippen MR) is 87.0 cm³/mol. The molecule has 1 aliphatic rings. The number of nitrogens with zero attached hydrogens (tertiary/aromatic N) is 1. The van der Waals surface area contributed by atoms with E-state index < -0.39 is 25.5 Å². The number of aliphatic hydroxyl groups excluding tert-OH is 3. The fraction of sp³-hybridized carbons (Fsp3) is 0.267. The van der Waals surface area contributed by atoms with Gasteiger partial charge in [-0.1, -0.05) is 19.1 Å². The molecule has 2 rings (SSSR count). The summed E-state index contributed by atoms with van der Waals surface area (Å²) in [5.74, 6) is -1.48. The molecular weight excluding hydrogens is 337 g/mol. The lowest BCUT2D eigenvalue weighted by Gasteiger charge is -2.26. The zero-order chi connectivity index (χ0) is 18.1. The van der Waals surface area contributed by atoms with Crippen LogP contribution in [0.3, 0.4) is 0 Å². The van der Waals surface area contributed by atoms with Crippen molar-refractivity contribution >= 4 is 13.5 Å². The first kappa shape index (κ1) is 18.2. The molecule has 1 aliphatic carbocycles. The van der Waals surface area contributed by atoms with Crippen LogP contribution in [0.5, 0.6) is 5.75 Å². The lowest BCUT2D eigenvalue weighted by Crippen LogP contribution is -2.27. The van der Waals surface area contributed by atoms with Gasteiger partial charge >= 0.3 is 7.75 Å². The van der Waals surface area contributed by atoms with Crippen molar-refractivity contribution in [1.29, 1.82) is 0 Å². The van der Waals surface area contributed by atoms with Crippen molar-refractivity contribution in [2.75, 3.05) is 0 Å². The van der Waals surface area contributed by atoms with Crippen LogP contribution >= 0.6 is 7.75 Å². The molecule has 0 amide bonds. The van der Waals surface area contributed by atoms with E-state index in [0.717, 1.165) is 6.08 Å². The van der Waals surface area contributed by atoms with Crippen LogP contribution in [0.2, 0.25) is 0 Å². The minimum atomic E-state index is -4.82. The summed E-state index contributed by atoms with van der Waals surface area (Å²) >= 11 is 0. The maximum Gasteiger partial charge on any atom is 0.448 e. The number of phenolic OH excluding ortho intramolecular Hbond substituents is 1. The molecule has 0 saturated heterocycles. The molecule has 0 spiro atoms. The van der Waals surface area contributed by atoms with E-state index in [1.54, 1.807) is 19.1 Å². The van der Waals surface area contributed by atoms with Crippen molar-refractivity contribution in [3.05, 3.63) is 53.0 Å². The zero-order valence-electron chi connectivity index (χ0n) is 12.7. The first-order valence-electron chi connectivity index (χ1n) is 7.03. The van der Waals surface area contributed by atoms with Crippen molar-refractivity contribution in [3.63, 3.8) is 0 Å². The number of aliphatic hydroxyl groups is 3. The van der Waals surface area contributed by atoms with Crippen molar-refractivity contribution < 1.29 is 34.8 Å². The Hall–Kier alpha value is -2.12. The first-order chi connectivity index (χ1) is 11.1. The normalized spacial score (nSPS) is 20.0. The Balaban J connectivity index is 2.47. The van der Waals surface area contributed by atoms with Gasteiger partial charge in [-0.15, -0.1) is 0 Å². The number of hydrogen-bond acceptors (Lipinski definition) is 5. The number of rotatable bonds is 4. The van der Waals surface area contributed by atoms with Crippen LogP contribution in [0.4, 0.5) is 0 Å². The standard InChI is InChI=1S/C15H18NO7P/c1-8(9-3-2-4-10(17)5-9)15(20)14-12(16-24(21,22)23)6-11(18)7-13(14)19/h2-5,7-8,15,17-20H,6H2,1H3,(H2,21,22,23). The average molecular weight is 355 g/mol. The van der Waals surface area contributed by atoms with Crippen LogP contribution in [0, 0.1) is 0 Å². The van der Waals surface area contributed by atoms with Gasteiger partial charge in [-0.3, -0.25) is 0 Å². The Kier molecular flexibility index (Phi) is 5.15. The van der Waals surface area contributed by atoms with Gasteiger partial charge < -0.3 is 30.2 Å². The number of hydrogen-bond donors (Lipinski definition) is 6. The van der Waals surface area contributed by atoms with Gasteiger partial charge in [0.1, 0.15) is 17.3 Å². The quantitative estimate of drug-likeness (QED) is 0.452. The zero-order valence-corrected chi connectivity index (χ0v) is 13.6. The summed E-state index contributed by atoms with van der Waals surface area (Å²) < 4.78 is 14.4. The molecule has 6 N–H and O–H groups in total. The predicted octanol–water partition coefficient (Wildman–Crippen LogP) is 2.05. The molecule has 2 unspecified atom stereocenters. The molecule has 130 valence electrons. The van der Waals surface area contributed by atoms with E-state index in [2.05, 4.69) is 4.76 Å². The molecule has 1 aromatic rings. The first-order valence-corrected chi connectivity index (χ1v) is 8.59. The molecule has 0 aromatic heterocycles. The minimum absolute atomic E-state index is 0.00459. The topological polar surface area (TPSA) is 151 Å². The molecule has 0 aliphatic heterocycles. The summed E-state index contributed by atoms with van der Waals surface area (Å²) in [6, 6.07) is 6.13. The Bertz CT molecular complexity index is 778. The van der Waals surface area contributed by atoms with Gasteiger partial charge in [0.05, 0.1) is 11.8 Å². The molecule has 0 radical (unpaired) electrons. The molecule has 0 fully saturated rings. The van der Waals surface area contributed by atoms with Gasteiger partial charge in [0, 0.05) is 24.0 Å². The van der Waals surface area contributed by atoms with Crippen LogP contribution in [-0.2, 0) is 4.57 Å². The van der Waals surface area contributed by atoms with Crippen LogP contribution in [-0.4, -0.2) is 42.0 Å². The molecule has 24 heavy (non-hydrogen) atoms. The number of benzene rings is 1. The third-order valence-corrected chi connectivity index (χ3v) is 4.16. The molecule has 0 heterocycles. The molecule has 2 atom stereocenters. The second-order valence-corrected chi connectivity index (χ2v) is 6.73. The van der Waals surface area contributed by atoms with Crippen LogP contribution in [0.25, 0.3) is 0 Å². The SMILES string of the molecule is CC(c1cccc(O)c1)C(O)C1=C(O)C=C(O)CC1=NP(=O)(O)O. The average Bonchev–Trinajstić information content (AvgIpc) is 2.43. The summed E-state index contributed by atoms with van der Waals surface area (Å²) in [5, 5.41) is 39.7. The van der Waals surface area contributed by atoms with Crippen LogP contribution in [0.15, 0.2) is 52.2 Å². The smallest absolute Gasteiger partial charge is 0.448 e. The summed E-state index contributed by atoms with van der Waals surface area (Å²) in [6.45, 7) is 1.62. The maximum atomic E-state index is 11.2. The Morgan fingerprint density at radius 2 is 1.88 bits per heavy atom. The molecule has 1 aromatic carbocycles. The van der Waals surface area contributed by atoms with E-state index in [1.165, 1.54) is 12.1 Å². The van der Waals surface area contributed by atoms with Crippen molar-refractivity contribution in [3.8, 4) is 5.75 Å². The highest BCUT2D eigenvalue weighted by molar-refractivity contribution is 7.50. The van der Waals surface area contributed by atoms with Gasteiger partial charge in [0.15, 0.2) is 0 Å². The second kappa shape index (κ2) is 6.78. The summed E-state index contributed by atoms with van der Waals surface area (Å²) in [6.07, 6.45) is -0.692. The van der Waals surface area contributed by atoms with Crippen molar-refractivity contribution in [1.82, 2.24) is 0 Å². The lowest BCUT2D eigenvalue weighted by molar-refractivity contribution is 0.184. The summed E-state index contributed by atoms with van der Waals surface area (Å²) in [7, 11) is -4.82. The highest BCUT2D eigenvalue weighted by Gasteiger charge is 2.31. The fourth-order valence-corrected chi connectivity index (χ4v) is 3.00. The largest absolute Gasteiger partial charge is 0.512 e. The van der Waals surface area contributed by atoms with Gasteiger partial charge in [-0.05, 0) is 17.7 Å². The number of allylic oxidation sites excluding steroid dienone is 2. The minimum Gasteiger partial charge on any atom is -0.512 e. The highest BCUT2D eigenvalue weighted by atomic mass is 31.2. The van der Waals surface area contributed by atoms with E-state index in [0.29, 0.717) is 5.56 Å². The molecule has 0 saturated carbocycles. The number of aromatic hydroxyl groups is 1. The van der Waals surface area contributed by atoms with Crippen molar-refractivity contribution in [2.45, 2.75) is 25.4 Å². The Morgan fingerprint density at radius 1 is 1.21 bits per heavy atom. The lowest BCUT2D eigenvalue weighted by atomic mass is 9.85. The van der Waals surface area contributed by atoms with E-state index in [-0.39, 0.29) is 29.2 Å². The molecule has 9 heteroatoms. The van der Waals surface area contributed by atoms with E-state index >= 15 is 0 Å². The van der Waals surface area contributed by atoms with E-state index in [1.807, 2.05) is 0 Å².